The van der Waals surface area contributed by atoms with Crippen LogP contribution in [0, 0.1) is 11.8 Å². The number of rotatable bonds is 7. The minimum absolute atomic E-state index is 0.0907. The molecule has 2 amide bonds. The molecule has 0 saturated carbocycles. The number of urea groups is 1. The van der Waals surface area contributed by atoms with Crippen LogP contribution in [0.4, 0.5) is 10.5 Å². The Balaban J connectivity index is 1.24. The molecule has 0 aromatic carbocycles. The monoisotopic (exact) mass is 392 g/mol. The average Bonchev–Trinajstić information content (AvgIpc) is 3.34. The molecule has 4 saturated heterocycles. The van der Waals surface area contributed by atoms with Crippen LogP contribution in [0.3, 0.4) is 0 Å². The van der Waals surface area contributed by atoms with Gasteiger partial charge in [0.15, 0.2) is 0 Å². The number of likely N-dealkylation sites (tertiary alicyclic amines) is 1. The molecule has 0 aliphatic carbocycles. The van der Waals surface area contributed by atoms with Crippen molar-refractivity contribution >= 4 is 23.1 Å². The highest BCUT2D eigenvalue weighted by Gasteiger charge is 2.41. The number of nitrogens with zero attached hydrogens (tertiary/aromatic N) is 2. The molecule has 5 rings (SSSR count). The number of anilines is 1. The molecular weight excluding hydrogens is 360 g/mol. The second-order valence-corrected chi connectivity index (χ2v) is 9.07. The van der Waals surface area contributed by atoms with Crippen LogP contribution >= 0.6 is 11.3 Å². The van der Waals surface area contributed by atoms with Crippen molar-refractivity contribution in [2.75, 3.05) is 51.8 Å². The van der Waals surface area contributed by atoms with E-state index in [2.05, 4.69) is 20.4 Å². The van der Waals surface area contributed by atoms with E-state index < -0.39 is 0 Å². The second-order valence-electron chi connectivity index (χ2n) is 8.29. The zero-order valence-corrected chi connectivity index (χ0v) is 17.0. The lowest BCUT2D eigenvalue weighted by molar-refractivity contribution is -0.0162. The number of amides is 2. The fraction of sp³-hybridized carbons (Fsp3) is 0.750. The van der Waals surface area contributed by atoms with Crippen molar-refractivity contribution in [1.29, 1.82) is 0 Å². The molecule has 0 spiro atoms. The van der Waals surface area contributed by atoms with Crippen molar-refractivity contribution in [2.24, 2.45) is 11.8 Å². The summed E-state index contributed by atoms with van der Waals surface area (Å²) in [6.45, 7) is 6.42. The van der Waals surface area contributed by atoms with E-state index in [0.717, 1.165) is 30.7 Å². The first-order valence-electron chi connectivity index (χ1n) is 10.3. The predicted octanol–water partition coefficient (Wildman–Crippen LogP) is 2.69. The Bertz CT molecular complexity index is 611. The number of ether oxygens (including phenoxy) is 1. The molecule has 4 fully saturated rings. The smallest absolute Gasteiger partial charge is 0.319 e. The third kappa shape index (κ3) is 4.65. The lowest BCUT2D eigenvalue weighted by Gasteiger charge is -2.51. The number of carbonyl (C=O) groups is 1. The lowest BCUT2D eigenvalue weighted by Crippen LogP contribution is -2.59. The summed E-state index contributed by atoms with van der Waals surface area (Å²) >= 11 is 1.59. The van der Waals surface area contributed by atoms with E-state index in [-0.39, 0.29) is 6.03 Å². The van der Waals surface area contributed by atoms with Crippen LogP contribution in [-0.4, -0.2) is 74.4 Å². The van der Waals surface area contributed by atoms with Crippen LogP contribution in [0.2, 0.25) is 0 Å². The molecule has 5 unspecified atom stereocenters. The van der Waals surface area contributed by atoms with E-state index >= 15 is 0 Å². The standard InChI is InChI=1S/C20H32N4O2S/c1-26-13-18-3-2-6-23(18)11-16-12-24-7-4-15(16)9-19(24)10-21-20(25)22-17-5-8-27-14-17/h5,8,14-16,18-19H,2-4,6-7,9-13H2,1H3,(H2,21,22,25). The van der Waals surface area contributed by atoms with Gasteiger partial charge in [0, 0.05) is 44.2 Å². The summed E-state index contributed by atoms with van der Waals surface area (Å²) in [7, 11) is 1.82. The first-order chi connectivity index (χ1) is 13.2. The van der Waals surface area contributed by atoms with Gasteiger partial charge in [-0.1, -0.05) is 0 Å². The fourth-order valence-corrected chi connectivity index (χ4v) is 5.80. The molecule has 5 heterocycles. The number of hydrogen-bond donors (Lipinski definition) is 2. The highest BCUT2D eigenvalue weighted by molar-refractivity contribution is 7.08. The zero-order chi connectivity index (χ0) is 18.6. The highest BCUT2D eigenvalue weighted by Crippen LogP contribution is 2.37. The predicted molar refractivity (Wildman–Crippen MR) is 109 cm³/mol. The minimum Gasteiger partial charge on any atom is -0.383 e. The molecule has 1 aromatic heterocycles. The molecule has 2 bridgehead atoms. The molecule has 1 aromatic rings. The summed E-state index contributed by atoms with van der Waals surface area (Å²) in [6.07, 6.45) is 5.11. The van der Waals surface area contributed by atoms with Gasteiger partial charge >= 0.3 is 6.03 Å². The van der Waals surface area contributed by atoms with E-state index in [1.165, 1.54) is 51.9 Å². The molecular formula is C20H32N4O2S. The molecule has 7 heteroatoms. The quantitative estimate of drug-likeness (QED) is 0.749. The molecule has 0 radical (unpaired) electrons. The van der Waals surface area contributed by atoms with Gasteiger partial charge in [-0.05, 0) is 62.1 Å². The van der Waals surface area contributed by atoms with E-state index in [4.69, 9.17) is 4.74 Å². The van der Waals surface area contributed by atoms with E-state index in [0.29, 0.717) is 12.1 Å². The Morgan fingerprint density at radius 2 is 2.26 bits per heavy atom. The van der Waals surface area contributed by atoms with Crippen molar-refractivity contribution in [1.82, 2.24) is 15.1 Å². The summed E-state index contributed by atoms with van der Waals surface area (Å²) in [4.78, 5) is 17.4. The Morgan fingerprint density at radius 3 is 3.00 bits per heavy atom. The van der Waals surface area contributed by atoms with Crippen LogP contribution in [0.1, 0.15) is 25.7 Å². The van der Waals surface area contributed by atoms with Crippen molar-refractivity contribution in [3.8, 4) is 0 Å². The summed E-state index contributed by atoms with van der Waals surface area (Å²) in [6, 6.07) is 2.94. The SMILES string of the molecule is COCC1CCCN1CC1CN2CCC1CC2CNC(=O)Nc1ccsc1. The normalized spacial score (nSPS) is 33.3. The van der Waals surface area contributed by atoms with Gasteiger partial charge in [-0.2, -0.15) is 11.3 Å². The zero-order valence-electron chi connectivity index (χ0n) is 16.2. The van der Waals surface area contributed by atoms with Crippen molar-refractivity contribution in [2.45, 2.75) is 37.8 Å². The largest absolute Gasteiger partial charge is 0.383 e. The molecule has 4 aliphatic heterocycles. The van der Waals surface area contributed by atoms with E-state index in [1.807, 2.05) is 23.9 Å². The first kappa shape index (κ1) is 19.2. The van der Waals surface area contributed by atoms with Crippen LogP contribution in [-0.2, 0) is 4.74 Å². The molecule has 150 valence electrons. The van der Waals surface area contributed by atoms with Crippen LogP contribution in [0.5, 0.6) is 0 Å². The summed E-state index contributed by atoms with van der Waals surface area (Å²) in [5.74, 6) is 1.57. The van der Waals surface area contributed by atoms with Gasteiger partial charge in [-0.15, -0.1) is 0 Å². The third-order valence-electron chi connectivity index (χ3n) is 6.62. The molecule has 4 aliphatic rings. The maximum Gasteiger partial charge on any atom is 0.319 e. The minimum atomic E-state index is -0.0907. The number of nitrogens with one attached hydrogen (secondary N) is 2. The Kier molecular flexibility index (Phi) is 6.32. The number of thiophene rings is 1. The number of hydrogen-bond acceptors (Lipinski definition) is 5. The molecule has 2 N–H and O–H groups in total. The van der Waals surface area contributed by atoms with Gasteiger partial charge in [-0.3, -0.25) is 9.80 Å². The Labute approximate surface area is 166 Å². The van der Waals surface area contributed by atoms with Crippen LogP contribution in [0.25, 0.3) is 0 Å². The Hall–Kier alpha value is -1.15. The van der Waals surface area contributed by atoms with Gasteiger partial charge in [0.2, 0.25) is 0 Å². The molecule has 27 heavy (non-hydrogen) atoms. The maximum atomic E-state index is 12.1. The van der Waals surface area contributed by atoms with Crippen LogP contribution in [0.15, 0.2) is 16.8 Å². The topological polar surface area (TPSA) is 56.8 Å². The number of fused-ring (bicyclic) bond motifs is 3. The van der Waals surface area contributed by atoms with Crippen LogP contribution < -0.4 is 10.6 Å². The van der Waals surface area contributed by atoms with Gasteiger partial charge in [0.25, 0.3) is 0 Å². The van der Waals surface area contributed by atoms with E-state index in [9.17, 15) is 4.79 Å². The lowest BCUT2D eigenvalue weighted by atomic mass is 9.75. The number of methoxy groups -OCH3 is 1. The fourth-order valence-electron chi connectivity index (χ4n) is 5.21. The summed E-state index contributed by atoms with van der Waals surface area (Å²) in [5, 5.41) is 9.90. The third-order valence-corrected chi connectivity index (χ3v) is 7.30. The average molecular weight is 393 g/mol. The number of carbonyl (C=O) groups excluding carboxylic acids is 1. The maximum absolute atomic E-state index is 12.1. The van der Waals surface area contributed by atoms with Crippen molar-refractivity contribution in [3.63, 3.8) is 0 Å². The molecule has 5 atom stereocenters. The number of piperidine rings is 3. The summed E-state index contributed by atoms with van der Waals surface area (Å²) in [5.41, 5.74) is 0.874. The summed E-state index contributed by atoms with van der Waals surface area (Å²) < 4.78 is 5.42. The van der Waals surface area contributed by atoms with Crippen molar-refractivity contribution in [3.05, 3.63) is 16.8 Å². The first-order valence-corrected chi connectivity index (χ1v) is 11.2. The van der Waals surface area contributed by atoms with Gasteiger partial charge in [0.05, 0.1) is 12.3 Å². The van der Waals surface area contributed by atoms with Gasteiger partial charge in [0.1, 0.15) is 0 Å². The second kappa shape index (κ2) is 8.90. The van der Waals surface area contributed by atoms with E-state index in [1.54, 1.807) is 11.3 Å². The van der Waals surface area contributed by atoms with Crippen molar-refractivity contribution < 1.29 is 9.53 Å². The highest BCUT2D eigenvalue weighted by atomic mass is 32.1. The Morgan fingerprint density at radius 1 is 1.33 bits per heavy atom. The molecule has 6 nitrogen and oxygen atoms in total. The van der Waals surface area contributed by atoms with Gasteiger partial charge in [-0.25, -0.2) is 4.79 Å². The van der Waals surface area contributed by atoms with Gasteiger partial charge < -0.3 is 15.4 Å².